The van der Waals surface area contributed by atoms with Crippen LogP contribution in [-0.4, -0.2) is 11.7 Å². The fraction of sp³-hybridized carbons (Fsp3) is 0.655. The molecule has 0 N–H and O–H groups in total. The summed E-state index contributed by atoms with van der Waals surface area (Å²) in [6.45, 7) is 15.5. The first-order valence-corrected chi connectivity index (χ1v) is 12.1. The first-order valence-electron chi connectivity index (χ1n) is 12.1. The zero-order valence-electron chi connectivity index (χ0n) is 21.0. The zero-order valence-corrected chi connectivity index (χ0v) is 21.0. The molecule has 0 saturated carbocycles. The molecule has 1 heterocycles. The second-order valence-corrected chi connectivity index (χ2v) is 9.88. The fourth-order valence-corrected chi connectivity index (χ4v) is 3.63. The van der Waals surface area contributed by atoms with Gasteiger partial charge in [-0.2, -0.15) is 0 Å². The summed E-state index contributed by atoms with van der Waals surface area (Å²) in [6, 6.07) is 0. The summed E-state index contributed by atoms with van der Waals surface area (Å²) in [4.78, 5) is 0. The smallest absolute Gasteiger partial charge is 0.0892 e. The van der Waals surface area contributed by atoms with E-state index in [0.29, 0.717) is 6.10 Å². The Kier molecular flexibility index (Phi) is 13.0. The minimum Gasteiger partial charge on any atom is -0.367 e. The lowest BCUT2D eigenvalue weighted by Crippen LogP contribution is -2.02. The van der Waals surface area contributed by atoms with Gasteiger partial charge in [0, 0.05) is 0 Å². The number of unbranched alkanes of at least 4 members (excludes halogenated alkanes) is 2. The van der Waals surface area contributed by atoms with Crippen LogP contribution in [0.25, 0.3) is 0 Å². The third-order valence-corrected chi connectivity index (χ3v) is 5.91. The Balaban J connectivity index is 2.07. The van der Waals surface area contributed by atoms with Gasteiger partial charge in [-0.15, -0.1) is 0 Å². The van der Waals surface area contributed by atoms with Crippen LogP contribution in [0.3, 0.4) is 0 Å². The molecule has 0 spiro atoms. The summed E-state index contributed by atoms with van der Waals surface area (Å²) < 4.78 is 5.67. The van der Waals surface area contributed by atoms with Gasteiger partial charge in [0.2, 0.25) is 0 Å². The lowest BCUT2D eigenvalue weighted by molar-refractivity contribution is 0.320. The van der Waals surface area contributed by atoms with Gasteiger partial charge < -0.3 is 4.74 Å². The predicted molar refractivity (Wildman–Crippen MR) is 135 cm³/mol. The van der Waals surface area contributed by atoms with Crippen molar-refractivity contribution in [1.82, 2.24) is 0 Å². The van der Waals surface area contributed by atoms with Crippen LogP contribution in [0.15, 0.2) is 58.7 Å². The second kappa shape index (κ2) is 14.6. The molecule has 1 heteroatoms. The summed E-state index contributed by atoms with van der Waals surface area (Å²) in [5, 5.41) is 0. The van der Waals surface area contributed by atoms with Crippen LogP contribution < -0.4 is 0 Å². The Morgan fingerprint density at radius 1 is 0.633 bits per heavy atom. The lowest BCUT2D eigenvalue weighted by atomic mass is 10.0. The molecular formula is C29H48O. The Hall–Kier alpha value is -1.34. The summed E-state index contributed by atoms with van der Waals surface area (Å²) in [7, 11) is 0. The maximum absolute atomic E-state index is 5.67. The van der Waals surface area contributed by atoms with E-state index in [1.165, 1.54) is 60.8 Å². The van der Waals surface area contributed by atoms with E-state index in [0.717, 1.165) is 25.7 Å². The molecule has 1 nitrogen and oxygen atoms in total. The molecular weight excluding hydrogens is 364 g/mol. The highest BCUT2D eigenvalue weighted by Crippen LogP contribution is 2.38. The molecule has 1 rings (SSSR count). The van der Waals surface area contributed by atoms with Crippen LogP contribution in [0.1, 0.15) is 113 Å². The minimum atomic E-state index is 0.134. The van der Waals surface area contributed by atoms with Gasteiger partial charge in [0.25, 0.3) is 0 Å². The summed E-state index contributed by atoms with van der Waals surface area (Å²) in [5.41, 5.74) is 6.11. The van der Waals surface area contributed by atoms with Crippen molar-refractivity contribution in [2.45, 2.75) is 124 Å². The number of ether oxygens (including phenoxy) is 1. The van der Waals surface area contributed by atoms with E-state index in [1.54, 1.807) is 0 Å². The van der Waals surface area contributed by atoms with Crippen molar-refractivity contribution in [2.24, 2.45) is 0 Å². The van der Waals surface area contributed by atoms with E-state index in [9.17, 15) is 0 Å². The van der Waals surface area contributed by atoms with Gasteiger partial charge in [-0.25, -0.2) is 0 Å². The van der Waals surface area contributed by atoms with Crippen molar-refractivity contribution in [3.63, 3.8) is 0 Å². The van der Waals surface area contributed by atoms with Gasteiger partial charge in [0.1, 0.15) is 0 Å². The average Bonchev–Trinajstić information content (AvgIpc) is 3.28. The maximum Gasteiger partial charge on any atom is 0.0892 e. The average molecular weight is 413 g/mol. The molecule has 0 aromatic heterocycles. The Labute approximate surface area is 188 Å². The van der Waals surface area contributed by atoms with Crippen LogP contribution in [0.4, 0.5) is 0 Å². The molecule has 1 aliphatic heterocycles. The third-order valence-electron chi connectivity index (χ3n) is 5.91. The molecule has 0 bridgehead atoms. The van der Waals surface area contributed by atoms with Crippen LogP contribution in [0.2, 0.25) is 0 Å². The predicted octanol–water partition coefficient (Wildman–Crippen LogP) is 9.43. The molecule has 1 saturated heterocycles. The van der Waals surface area contributed by atoms with Crippen molar-refractivity contribution in [2.75, 3.05) is 0 Å². The fourth-order valence-electron chi connectivity index (χ4n) is 3.63. The van der Waals surface area contributed by atoms with Gasteiger partial charge in [-0.05, 0) is 113 Å². The van der Waals surface area contributed by atoms with Crippen LogP contribution in [-0.2, 0) is 4.74 Å². The molecule has 0 aromatic rings. The highest BCUT2D eigenvalue weighted by Gasteiger charge is 2.46. The van der Waals surface area contributed by atoms with Gasteiger partial charge >= 0.3 is 0 Å². The molecule has 30 heavy (non-hydrogen) atoms. The van der Waals surface area contributed by atoms with E-state index in [4.69, 9.17) is 4.74 Å². The molecule has 0 unspecified atom stereocenters. The van der Waals surface area contributed by atoms with Crippen molar-refractivity contribution in [3.05, 3.63) is 58.7 Å². The van der Waals surface area contributed by atoms with Crippen LogP contribution in [0.5, 0.6) is 0 Å². The topological polar surface area (TPSA) is 12.5 Å². The number of hydrogen-bond donors (Lipinski definition) is 0. The first-order chi connectivity index (χ1) is 14.2. The van der Waals surface area contributed by atoms with Gasteiger partial charge in [0.15, 0.2) is 0 Å². The Morgan fingerprint density at radius 3 is 1.53 bits per heavy atom. The number of allylic oxidation sites excluding steroid dienone is 10. The molecule has 0 aromatic carbocycles. The zero-order chi connectivity index (χ0) is 22.4. The number of epoxide rings is 1. The highest BCUT2D eigenvalue weighted by atomic mass is 16.6. The second-order valence-electron chi connectivity index (χ2n) is 9.88. The Bertz CT molecular complexity index is 635. The molecule has 170 valence electrons. The first kappa shape index (κ1) is 26.7. The SMILES string of the molecule is CC(C)=CCC/C(C)=C/CC/C=C/CC/C=C(\C)CC/C=C(\C)CC[C@@H]1OC1(C)C. The monoisotopic (exact) mass is 412 g/mol. The van der Waals surface area contributed by atoms with Gasteiger partial charge in [-0.1, -0.05) is 58.7 Å². The van der Waals surface area contributed by atoms with Gasteiger partial charge in [0.05, 0.1) is 11.7 Å². The number of rotatable bonds is 15. The van der Waals surface area contributed by atoms with E-state index < -0.39 is 0 Å². The standard InChI is InChI=1S/C29H48O/c1-24(2)16-14-19-25(3)17-12-10-8-9-11-13-18-26(4)20-15-21-27(5)22-23-28-29(6,7)30-28/h8-9,16-18,21,28H,10-15,19-20,22-23H2,1-7H3/b9-8+,25-17+,26-18+,27-21+/t28-/m0/s1. The lowest BCUT2D eigenvalue weighted by Gasteiger charge is -2.02. The highest BCUT2D eigenvalue weighted by molar-refractivity contribution is 5.06. The van der Waals surface area contributed by atoms with Crippen LogP contribution in [0, 0.1) is 0 Å². The maximum atomic E-state index is 5.67. The van der Waals surface area contributed by atoms with E-state index in [-0.39, 0.29) is 5.60 Å². The minimum absolute atomic E-state index is 0.134. The van der Waals surface area contributed by atoms with Crippen molar-refractivity contribution >= 4 is 0 Å². The quantitative estimate of drug-likeness (QED) is 0.148. The molecule has 0 amide bonds. The molecule has 1 aliphatic rings. The van der Waals surface area contributed by atoms with Gasteiger partial charge in [-0.3, -0.25) is 0 Å². The molecule has 1 atom stereocenters. The summed E-state index contributed by atoms with van der Waals surface area (Å²) >= 11 is 0. The molecule has 1 fully saturated rings. The summed E-state index contributed by atoms with van der Waals surface area (Å²) in [6.07, 6.45) is 26.5. The van der Waals surface area contributed by atoms with Crippen molar-refractivity contribution in [3.8, 4) is 0 Å². The molecule has 0 radical (unpaired) electrons. The largest absolute Gasteiger partial charge is 0.367 e. The van der Waals surface area contributed by atoms with Crippen LogP contribution >= 0.6 is 0 Å². The van der Waals surface area contributed by atoms with E-state index in [1.807, 2.05) is 0 Å². The molecule has 0 aliphatic carbocycles. The number of hydrogen-bond acceptors (Lipinski definition) is 1. The Morgan fingerprint density at radius 2 is 1.07 bits per heavy atom. The normalized spacial score (nSPS) is 19.4. The van der Waals surface area contributed by atoms with Crippen molar-refractivity contribution in [1.29, 1.82) is 0 Å². The van der Waals surface area contributed by atoms with Crippen molar-refractivity contribution < 1.29 is 4.74 Å². The van der Waals surface area contributed by atoms with E-state index in [2.05, 4.69) is 84.9 Å². The van der Waals surface area contributed by atoms with E-state index >= 15 is 0 Å². The summed E-state index contributed by atoms with van der Waals surface area (Å²) in [5.74, 6) is 0. The third kappa shape index (κ3) is 13.8.